The van der Waals surface area contributed by atoms with Crippen molar-refractivity contribution < 1.29 is 4.74 Å². The molecule has 0 radical (unpaired) electrons. The molecule has 1 heterocycles. The van der Waals surface area contributed by atoms with Crippen LogP contribution >= 0.6 is 11.6 Å². The lowest BCUT2D eigenvalue weighted by atomic mass is 10.1. The van der Waals surface area contributed by atoms with Crippen LogP contribution in [0.5, 0.6) is 11.5 Å². The molecular weight excluding hydrogens is 274 g/mol. The van der Waals surface area contributed by atoms with Crippen LogP contribution in [0.25, 0.3) is 0 Å². The van der Waals surface area contributed by atoms with Gasteiger partial charge in [-0.05, 0) is 44.9 Å². The van der Waals surface area contributed by atoms with Gasteiger partial charge in [0.05, 0.1) is 17.4 Å². The molecule has 2 N–H and O–H groups in total. The highest BCUT2D eigenvalue weighted by Gasteiger charge is 2.08. The van der Waals surface area contributed by atoms with Gasteiger partial charge in [0.15, 0.2) is 5.75 Å². The van der Waals surface area contributed by atoms with Crippen molar-refractivity contribution in [3.05, 3.63) is 41.2 Å². The first-order valence-corrected chi connectivity index (χ1v) is 7.09. The van der Waals surface area contributed by atoms with E-state index in [0.717, 1.165) is 12.0 Å². The molecule has 1 unspecified atom stereocenters. The van der Waals surface area contributed by atoms with Crippen molar-refractivity contribution in [3.63, 3.8) is 0 Å². The maximum atomic E-state index is 6.24. The molecule has 0 bridgehead atoms. The number of hydrogen-bond donors (Lipinski definition) is 1. The van der Waals surface area contributed by atoms with E-state index < -0.39 is 0 Å². The molecule has 4 nitrogen and oxygen atoms in total. The number of nitrogens with two attached hydrogens (primary N) is 1. The minimum atomic E-state index is 0.113. The van der Waals surface area contributed by atoms with E-state index in [1.165, 1.54) is 0 Å². The van der Waals surface area contributed by atoms with Gasteiger partial charge in [0.1, 0.15) is 5.75 Å². The van der Waals surface area contributed by atoms with Crippen LogP contribution in [0.3, 0.4) is 0 Å². The summed E-state index contributed by atoms with van der Waals surface area (Å²) >= 11 is 6.24. The van der Waals surface area contributed by atoms with E-state index in [-0.39, 0.29) is 6.04 Å². The molecule has 2 rings (SSSR count). The monoisotopic (exact) mass is 293 g/mol. The summed E-state index contributed by atoms with van der Waals surface area (Å²) in [6.07, 6.45) is 4.34. The molecule has 0 aliphatic carbocycles. The highest BCUT2D eigenvalue weighted by molar-refractivity contribution is 6.32. The minimum absolute atomic E-state index is 0.113. The quantitative estimate of drug-likeness (QED) is 0.912. The summed E-state index contributed by atoms with van der Waals surface area (Å²) in [4.78, 5) is 0. The molecule has 0 saturated heterocycles. The lowest BCUT2D eigenvalue weighted by Gasteiger charge is -2.09. The average molecular weight is 294 g/mol. The fraction of sp³-hybridized carbons (Fsp3) is 0.400. The van der Waals surface area contributed by atoms with Crippen LogP contribution in [0.4, 0.5) is 0 Å². The summed E-state index contributed by atoms with van der Waals surface area (Å²) in [5.41, 5.74) is 6.89. The Kier molecular flexibility index (Phi) is 4.68. The topological polar surface area (TPSA) is 53.1 Å². The second-order valence-electron chi connectivity index (χ2n) is 5.30. The largest absolute Gasteiger partial charge is 0.452 e. The molecule has 0 aliphatic heterocycles. The van der Waals surface area contributed by atoms with Crippen LogP contribution in [0.15, 0.2) is 30.6 Å². The molecule has 1 aromatic heterocycles. The van der Waals surface area contributed by atoms with Gasteiger partial charge in [0.2, 0.25) is 0 Å². The first-order valence-electron chi connectivity index (χ1n) is 6.71. The Bertz CT molecular complexity index is 578. The molecule has 0 saturated carbocycles. The van der Waals surface area contributed by atoms with Gasteiger partial charge in [-0.1, -0.05) is 17.7 Å². The number of nitrogens with zero attached hydrogens (tertiary/aromatic N) is 2. The van der Waals surface area contributed by atoms with Crippen LogP contribution in [0.1, 0.15) is 32.4 Å². The Morgan fingerprint density at radius 3 is 2.65 bits per heavy atom. The predicted octanol–water partition coefficient (Wildman–Crippen LogP) is 3.80. The van der Waals surface area contributed by atoms with Crippen molar-refractivity contribution in [2.24, 2.45) is 5.73 Å². The van der Waals surface area contributed by atoms with Crippen LogP contribution in [0, 0.1) is 0 Å². The third kappa shape index (κ3) is 3.74. The summed E-state index contributed by atoms with van der Waals surface area (Å²) in [7, 11) is 0. The van der Waals surface area contributed by atoms with Gasteiger partial charge in [-0.15, -0.1) is 0 Å². The first kappa shape index (κ1) is 14.9. The molecule has 108 valence electrons. The van der Waals surface area contributed by atoms with Crippen molar-refractivity contribution in [2.75, 3.05) is 0 Å². The summed E-state index contributed by atoms with van der Waals surface area (Å²) < 4.78 is 7.59. The maximum absolute atomic E-state index is 6.24. The van der Waals surface area contributed by atoms with Crippen LogP contribution < -0.4 is 10.5 Å². The highest BCUT2D eigenvalue weighted by atomic mass is 35.5. The van der Waals surface area contributed by atoms with Gasteiger partial charge in [-0.2, -0.15) is 5.10 Å². The molecular formula is C15H20ClN3O. The second kappa shape index (κ2) is 6.29. The van der Waals surface area contributed by atoms with Gasteiger partial charge in [-0.3, -0.25) is 4.68 Å². The predicted molar refractivity (Wildman–Crippen MR) is 81.5 cm³/mol. The van der Waals surface area contributed by atoms with Crippen molar-refractivity contribution >= 4 is 11.6 Å². The van der Waals surface area contributed by atoms with Crippen LogP contribution in [0.2, 0.25) is 5.02 Å². The Hall–Kier alpha value is -1.52. The highest BCUT2D eigenvalue weighted by Crippen LogP contribution is 2.30. The van der Waals surface area contributed by atoms with Crippen molar-refractivity contribution in [1.29, 1.82) is 0 Å². The standard InChI is InChI=1S/C15H20ClN3O/c1-10(2)19-9-13(8-18-19)20-15-5-4-12(6-11(3)17)7-14(15)16/h4-5,7-11H,6,17H2,1-3H3. The number of benzene rings is 1. The Morgan fingerprint density at radius 2 is 2.10 bits per heavy atom. The van der Waals surface area contributed by atoms with E-state index in [9.17, 15) is 0 Å². The summed E-state index contributed by atoms with van der Waals surface area (Å²) in [6.45, 7) is 6.09. The van der Waals surface area contributed by atoms with E-state index in [0.29, 0.717) is 22.6 Å². The third-order valence-electron chi connectivity index (χ3n) is 2.89. The fourth-order valence-corrected chi connectivity index (χ4v) is 2.15. The van der Waals surface area contributed by atoms with Gasteiger partial charge in [0, 0.05) is 12.1 Å². The van der Waals surface area contributed by atoms with Crippen LogP contribution in [-0.2, 0) is 6.42 Å². The van der Waals surface area contributed by atoms with Gasteiger partial charge < -0.3 is 10.5 Å². The normalized spacial score (nSPS) is 12.7. The Morgan fingerprint density at radius 1 is 1.35 bits per heavy atom. The fourth-order valence-electron chi connectivity index (χ4n) is 1.91. The zero-order chi connectivity index (χ0) is 14.7. The average Bonchev–Trinajstić information content (AvgIpc) is 2.80. The molecule has 1 atom stereocenters. The van der Waals surface area contributed by atoms with E-state index in [4.69, 9.17) is 22.1 Å². The van der Waals surface area contributed by atoms with E-state index in [1.807, 2.05) is 36.0 Å². The molecule has 20 heavy (non-hydrogen) atoms. The van der Waals surface area contributed by atoms with E-state index in [1.54, 1.807) is 6.20 Å². The summed E-state index contributed by atoms with van der Waals surface area (Å²) in [5, 5.41) is 4.81. The van der Waals surface area contributed by atoms with Crippen molar-refractivity contribution in [3.8, 4) is 11.5 Å². The lowest BCUT2D eigenvalue weighted by molar-refractivity contribution is 0.477. The lowest BCUT2D eigenvalue weighted by Crippen LogP contribution is -2.17. The van der Waals surface area contributed by atoms with E-state index in [2.05, 4.69) is 18.9 Å². The zero-order valence-electron chi connectivity index (χ0n) is 12.0. The van der Waals surface area contributed by atoms with Crippen molar-refractivity contribution in [2.45, 2.75) is 39.3 Å². The number of aromatic nitrogens is 2. The zero-order valence-corrected chi connectivity index (χ0v) is 12.8. The van der Waals surface area contributed by atoms with Crippen LogP contribution in [-0.4, -0.2) is 15.8 Å². The Labute approximate surface area is 124 Å². The Balaban J connectivity index is 2.12. The molecule has 0 amide bonds. The SMILES string of the molecule is CC(N)Cc1ccc(Oc2cnn(C(C)C)c2)c(Cl)c1. The van der Waals surface area contributed by atoms with Gasteiger partial charge in [-0.25, -0.2) is 0 Å². The number of ether oxygens (including phenoxy) is 1. The molecule has 2 aromatic rings. The molecule has 5 heteroatoms. The van der Waals surface area contributed by atoms with Gasteiger partial charge >= 0.3 is 0 Å². The molecule has 0 fully saturated rings. The molecule has 1 aromatic carbocycles. The number of halogens is 1. The van der Waals surface area contributed by atoms with Gasteiger partial charge in [0.25, 0.3) is 0 Å². The number of hydrogen-bond acceptors (Lipinski definition) is 3. The molecule has 0 aliphatic rings. The van der Waals surface area contributed by atoms with E-state index >= 15 is 0 Å². The second-order valence-corrected chi connectivity index (χ2v) is 5.71. The smallest absolute Gasteiger partial charge is 0.165 e. The maximum Gasteiger partial charge on any atom is 0.165 e. The summed E-state index contributed by atoms with van der Waals surface area (Å²) in [6, 6.07) is 6.16. The first-order chi connectivity index (χ1) is 9.45. The third-order valence-corrected chi connectivity index (χ3v) is 3.18. The van der Waals surface area contributed by atoms with Crippen molar-refractivity contribution in [1.82, 2.24) is 9.78 Å². The molecule has 0 spiro atoms. The summed E-state index contributed by atoms with van der Waals surface area (Å²) in [5.74, 6) is 1.31. The minimum Gasteiger partial charge on any atom is -0.452 e. The number of rotatable bonds is 5.